The van der Waals surface area contributed by atoms with Crippen molar-refractivity contribution in [3.8, 4) is 0 Å². The lowest BCUT2D eigenvalue weighted by atomic mass is 10.1. The Morgan fingerprint density at radius 2 is 1.72 bits per heavy atom. The van der Waals surface area contributed by atoms with Gasteiger partial charge in [-0.2, -0.15) is 12.7 Å². The van der Waals surface area contributed by atoms with Crippen LogP contribution in [0.1, 0.15) is 55.7 Å². The van der Waals surface area contributed by atoms with Crippen molar-refractivity contribution in [2.24, 2.45) is 0 Å². The molecular weight excluding hydrogens is 559 g/mol. The molecule has 2 aromatic carbocycles. The highest BCUT2D eigenvalue weighted by atomic mass is 35.5. The summed E-state index contributed by atoms with van der Waals surface area (Å²) in [5.74, 6) is -0.766. The zero-order chi connectivity index (χ0) is 28.9. The number of hydrogen-bond acceptors (Lipinski definition) is 4. The lowest BCUT2D eigenvalue weighted by molar-refractivity contribution is -0.140. The van der Waals surface area contributed by atoms with Gasteiger partial charge in [-0.3, -0.25) is 9.59 Å². The van der Waals surface area contributed by atoms with Crippen molar-refractivity contribution in [1.29, 1.82) is 0 Å². The van der Waals surface area contributed by atoms with Crippen LogP contribution in [0, 0.1) is 13.8 Å². The Bertz CT molecular complexity index is 1300. The van der Waals surface area contributed by atoms with Gasteiger partial charge in [0.25, 0.3) is 0 Å². The van der Waals surface area contributed by atoms with Crippen LogP contribution in [0.15, 0.2) is 36.4 Å². The molecule has 1 saturated carbocycles. The molecule has 0 radical (unpaired) electrons. The normalized spacial score (nSPS) is 14.9. The Morgan fingerprint density at radius 3 is 2.31 bits per heavy atom. The van der Waals surface area contributed by atoms with Gasteiger partial charge in [0.05, 0.1) is 5.69 Å². The van der Waals surface area contributed by atoms with E-state index in [4.69, 9.17) is 23.2 Å². The van der Waals surface area contributed by atoms with E-state index in [0.717, 1.165) is 39.9 Å². The average molecular weight is 598 g/mol. The summed E-state index contributed by atoms with van der Waals surface area (Å²) in [6.45, 7) is 5.03. The summed E-state index contributed by atoms with van der Waals surface area (Å²) in [5.41, 5.74) is 2.58. The molecule has 39 heavy (non-hydrogen) atoms. The van der Waals surface area contributed by atoms with Gasteiger partial charge in [0, 0.05) is 36.7 Å². The molecule has 3 rings (SSSR count). The fourth-order valence-corrected chi connectivity index (χ4v) is 6.39. The lowest BCUT2D eigenvalue weighted by Gasteiger charge is -2.35. The fraction of sp³-hybridized carbons (Fsp3) is 0.500. The molecule has 0 saturated heterocycles. The molecule has 2 amide bonds. The van der Waals surface area contributed by atoms with Crippen molar-refractivity contribution >= 4 is 50.9 Å². The molecule has 0 aliphatic heterocycles. The number of anilines is 1. The highest BCUT2D eigenvalue weighted by Crippen LogP contribution is 2.28. The van der Waals surface area contributed by atoms with Crippen molar-refractivity contribution < 1.29 is 18.0 Å². The second-order valence-electron chi connectivity index (χ2n) is 10.3. The number of nitrogens with zero attached hydrogens (tertiary/aromatic N) is 3. The quantitative estimate of drug-likeness (QED) is 0.391. The highest BCUT2D eigenvalue weighted by Gasteiger charge is 2.35. The van der Waals surface area contributed by atoms with Crippen molar-refractivity contribution in [2.45, 2.75) is 71.5 Å². The van der Waals surface area contributed by atoms with Gasteiger partial charge < -0.3 is 10.2 Å². The molecule has 1 aliphatic rings. The molecule has 11 heteroatoms. The first-order valence-electron chi connectivity index (χ1n) is 13.2. The van der Waals surface area contributed by atoms with Gasteiger partial charge in [-0.05, 0) is 68.0 Å². The summed E-state index contributed by atoms with van der Waals surface area (Å²) in [6.07, 6.45) is 4.26. The first-order valence-corrected chi connectivity index (χ1v) is 15.3. The number of amides is 2. The Morgan fingerprint density at radius 1 is 1.05 bits per heavy atom. The molecular formula is C28H38Cl2N4O4S. The van der Waals surface area contributed by atoms with Crippen LogP contribution in [-0.2, 0) is 26.3 Å². The van der Waals surface area contributed by atoms with Gasteiger partial charge in [0.15, 0.2) is 0 Å². The third kappa shape index (κ3) is 7.66. The minimum atomic E-state index is -4.04. The molecule has 214 valence electrons. The van der Waals surface area contributed by atoms with E-state index in [9.17, 15) is 18.0 Å². The van der Waals surface area contributed by atoms with E-state index in [1.165, 1.54) is 19.0 Å². The van der Waals surface area contributed by atoms with Crippen LogP contribution in [-0.4, -0.2) is 62.2 Å². The van der Waals surface area contributed by atoms with Crippen LogP contribution in [0.3, 0.4) is 0 Å². The largest absolute Gasteiger partial charge is 0.352 e. The smallest absolute Gasteiger partial charge is 0.304 e. The summed E-state index contributed by atoms with van der Waals surface area (Å²) in [6, 6.07) is 9.68. The molecule has 0 bridgehead atoms. The fourth-order valence-electron chi connectivity index (χ4n) is 4.81. The third-order valence-electron chi connectivity index (χ3n) is 7.10. The number of carbonyl (C=O) groups is 2. The van der Waals surface area contributed by atoms with E-state index >= 15 is 0 Å². The molecule has 2 aromatic rings. The molecule has 0 heterocycles. The molecule has 1 N–H and O–H groups in total. The van der Waals surface area contributed by atoms with Crippen LogP contribution in [0.25, 0.3) is 0 Å². The van der Waals surface area contributed by atoms with E-state index in [1.807, 2.05) is 26.0 Å². The minimum absolute atomic E-state index is 0.0219. The summed E-state index contributed by atoms with van der Waals surface area (Å²) in [5, 5.41) is 3.91. The summed E-state index contributed by atoms with van der Waals surface area (Å²) in [4.78, 5) is 29.0. The van der Waals surface area contributed by atoms with Crippen LogP contribution in [0.4, 0.5) is 5.69 Å². The topological polar surface area (TPSA) is 90.0 Å². The monoisotopic (exact) mass is 596 g/mol. The molecule has 0 unspecified atom stereocenters. The van der Waals surface area contributed by atoms with E-state index in [1.54, 1.807) is 31.2 Å². The van der Waals surface area contributed by atoms with Crippen LogP contribution in [0.2, 0.25) is 10.0 Å². The van der Waals surface area contributed by atoms with E-state index in [0.29, 0.717) is 33.3 Å². The minimum Gasteiger partial charge on any atom is -0.352 e. The zero-order valence-electron chi connectivity index (χ0n) is 23.2. The number of nitrogens with one attached hydrogen (secondary N) is 1. The Balaban J connectivity index is 2.03. The summed E-state index contributed by atoms with van der Waals surface area (Å²) in [7, 11) is -1.20. The standard InChI is InChI=1S/C28H38Cl2N4O4S/c1-6-25(28(36)31-23-9-7-8-10-23)33(17-21-13-14-22(29)16-24(21)30)27(35)18-34(39(37,38)32(4)5)26-15-19(2)11-12-20(26)3/h11-16,23,25H,6-10,17-18H2,1-5H3,(H,31,36)/t25-/m0/s1. The maximum atomic E-state index is 14.1. The zero-order valence-corrected chi connectivity index (χ0v) is 25.5. The van der Waals surface area contributed by atoms with Crippen molar-refractivity contribution in [3.63, 3.8) is 0 Å². The number of halogens is 2. The number of rotatable bonds is 11. The maximum absolute atomic E-state index is 14.1. The van der Waals surface area contributed by atoms with E-state index in [2.05, 4.69) is 5.32 Å². The van der Waals surface area contributed by atoms with E-state index < -0.39 is 28.7 Å². The number of hydrogen-bond donors (Lipinski definition) is 1. The lowest BCUT2D eigenvalue weighted by Crippen LogP contribution is -2.54. The average Bonchev–Trinajstić information content (AvgIpc) is 3.38. The second-order valence-corrected chi connectivity index (χ2v) is 13.2. The first kappa shape index (κ1) is 31.2. The number of carbonyl (C=O) groups excluding carboxylic acids is 2. The van der Waals surface area contributed by atoms with Gasteiger partial charge in [0.2, 0.25) is 11.8 Å². The van der Waals surface area contributed by atoms with Gasteiger partial charge in [-0.25, -0.2) is 4.31 Å². The van der Waals surface area contributed by atoms with Gasteiger partial charge in [0.1, 0.15) is 12.6 Å². The highest BCUT2D eigenvalue weighted by molar-refractivity contribution is 7.90. The Hall–Kier alpha value is -2.33. The molecule has 1 fully saturated rings. The van der Waals surface area contributed by atoms with Gasteiger partial charge in [-0.15, -0.1) is 0 Å². The van der Waals surface area contributed by atoms with Crippen molar-refractivity contribution in [1.82, 2.24) is 14.5 Å². The van der Waals surface area contributed by atoms with E-state index in [-0.39, 0.29) is 18.5 Å². The second kappa shape index (κ2) is 13.4. The van der Waals surface area contributed by atoms with Gasteiger partial charge in [-0.1, -0.05) is 61.2 Å². The predicted molar refractivity (Wildman–Crippen MR) is 157 cm³/mol. The number of benzene rings is 2. The SMILES string of the molecule is CC[C@@H](C(=O)NC1CCCC1)N(Cc1ccc(Cl)cc1Cl)C(=O)CN(c1cc(C)ccc1C)S(=O)(=O)N(C)C. The van der Waals surface area contributed by atoms with Crippen LogP contribution < -0.4 is 9.62 Å². The molecule has 1 aliphatic carbocycles. The first-order chi connectivity index (χ1) is 18.3. The maximum Gasteiger partial charge on any atom is 0.304 e. The summed E-state index contributed by atoms with van der Waals surface area (Å²) >= 11 is 12.5. The molecule has 0 spiro atoms. The molecule has 8 nitrogen and oxygen atoms in total. The Kier molecular flexibility index (Phi) is 10.7. The molecule has 1 atom stereocenters. The van der Waals surface area contributed by atoms with Gasteiger partial charge >= 0.3 is 10.2 Å². The van der Waals surface area contributed by atoms with Crippen molar-refractivity contribution in [3.05, 3.63) is 63.1 Å². The Labute approximate surface area is 242 Å². The number of aryl methyl sites for hydroxylation is 2. The third-order valence-corrected chi connectivity index (χ3v) is 9.49. The molecule has 0 aromatic heterocycles. The van der Waals surface area contributed by atoms with Crippen molar-refractivity contribution in [2.75, 3.05) is 24.9 Å². The van der Waals surface area contributed by atoms with Crippen LogP contribution >= 0.6 is 23.2 Å². The predicted octanol–water partition coefficient (Wildman–Crippen LogP) is 5.09. The van der Waals surface area contributed by atoms with Crippen LogP contribution in [0.5, 0.6) is 0 Å². The summed E-state index contributed by atoms with van der Waals surface area (Å²) < 4.78 is 29.1.